The highest BCUT2D eigenvalue weighted by molar-refractivity contribution is 7.89. The Labute approximate surface area is 188 Å². The smallest absolute Gasteiger partial charge is 0.351 e. The van der Waals surface area contributed by atoms with E-state index in [0.717, 1.165) is 10.7 Å². The second kappa shape index (κ2) is 8.99. The van der Waals surface area contributed by atoms with Crippen LogP contribution < -0.4 is 5.32 Å². The molecule has 0 saturated carbocycles. The van der Waals surface area contributed by atoms with E-state index in [1.807, 2.05) is 0 Å². The van der Waals surface area contributed by atoms with Crippen LogP contribution >= 0.6 is 0 Å². The Kier molecular flexibility index (Phi) is 6.26. The van der Waals surface area contributed by atoms with Crippen molar-refractivity contribution in [1.82, 2.24) is 19.4 Å². The number of hydrogen-bond acceptors (Lipinski definition) is 4. The number of sulfonamides is 1. The zero-order chi connectivity index (χ0) is 23.6. The predicted octanol–water partition coefficient (Wildman–Crippen LogP) is 3.36. The van der Waals surface area contributed by atoms with Crippen molar-refractivity contribution in [3.63, 3.8) is 0 Å². The van der Waals surface area contributed by atoms with Crippen LogP contribution in [-0.2, 0) is 27.5 Å². The van der Waals surface area contributed by atoms with Crippen LogP contribution in [0.2, 0.25) is 0 Å². The van der Waals surface area contributed by atoms with Crippen LogP contribution in [0.3, 0.4) is 0 Å². The van der Waals surface area contributed by atoms with Gasteiger partial charge in [0.1, 0.15) is 6.04 Å². The summed E-state index contributed by atoms with van der Waals surface area (Å²) in [6, 6.07) is 14.6. The fraction of sp³-hybridized carbons (Fsp3) is 0.273. The number of amides is 1. The fourth-order valence-electron chi connectivity index (χ4n) is 3.71. The minimum absolute atomic E-state index is 0.146. The topological polar surface area (TPSA) is 84.3 Å². The minimum Gasteiger partial charge on any atom is -0.351 e. The Hall–Kier alpha value is -3.18. The first-order valence-electron chi connectivity index (χ1n) is 10.2. The maximum Gasteiger partial charge on any atom is 0.435 e. The van der Waals surface area contributed by atoms with Crippen molar-refractivity contribution < 1.29 is 26.4 Å². The van der Waals surface area contributed by atoms with E-state index in [-0.39, 0.29) is 18.0 Å². The average Bonchev–Trinajstić information content (AvgIpc) is 3.49. The molecule has 33 heavy (non-hydrogen) atoms. The van der Waals surface area contributed by atoms with Gasteiger partial charge in [-0.25, -0.2) is 13.1 Å². The van der Waals surface area contributed by atoms with E-state index in [1.54, 1.807) is 42.5 Å². The highest BCUT2D eigenvalue weighted by atomic mass is 32.2. The third-order valence-electron chi connectivity index (χ3n) is 5.40. The third-order valence-corrected chi connectivity index (χ3v) is 7.33. The van der Waals surface area contributed by atoms with Crippen molar-refractivity contribution in [2.24, 2.45) is 0 Å². The summed E-state index contributed by atoms with van der Waals surface area (Å²) in [6.07, 6.45) is -2.28. The average molecular weight is 478 g/mol. The van der Waals surface area contributed by atoms with E-state index in [1.165, 1.54) is 22.6 Å². The molecule has 1 amide bonds. The van der Waals surface area contributed by atoms with Crippen LogP contribution in [0.15, 0.2) is 71.8 Å². The van der Waals surface area contributed by atoms with Gasteiger partial charge in [-0.05, 0) is 48.7 Å². The van der Waals surface area contributed by atoms with Crippen LogP contribution in [-0.4, -0.2) is 41.0 Å². The molecule has 0 radical (unpaired) electrons. The quantitative estimate of drug-likeness (QED) is 0.589. The standard InChI is InChI=1S/C22H21F3N4O3S/c23-22(24,25)20-12-14-28(27-20)17-10-8-16(9-11-17)15-26-21(30)19-7-4-13-29(19)33(31,32)18-5-2-1-3-6-18/h1-3,5-6,8-12,14,19H,4,7,13,15H2,(H,26,30). The number of benzene rings is 2. The molecule has 1 saturated heterocycles. The highest BCUT2D eigenvalue weighted by Crippen LogP contribution is 2.28. The second-order valence-electron chi connectivity index (χ2n) is 7.61. The molecule has 1 aliphatic heterocycles. The molecule has 11 heteroatoms. The third kappa shape index (κ3) is 4.93. The molecule has 2 heterocycles. The number of halogens is 3. The molecule has 1 fully saturated rings. The minimum atomic E-state index is -4.52. The van der Waals surface area contributed by atoms with Crippen molar-refractivity contribution in [3.8, 4) is 5.69 Å². The van der Waals surface area contributed by atoms with Crippen molar-refractivity contribution in [2.45, 2.75) is 36.5 Å². The van der Waals surface area contributed by atoms with Crippen LogP contribution in [0.4, 0.5) is 13.2 Å². The molecule has 0 spiro atoms. The molecule has 2 aromatic carbocycles. The molecule has 7 nitrogen and oxygen atoms in total. The van der Waals surface area contributed by atoms with Gasteiger partial charge < -0.3 is 5.32 Å². The SMILES string of the molecule is O=C(NCc1ccc(-n2ccc(C(F)(F)F)n2)cc1)C1CCCN1S(=O)(=O)c1ccccc1. The molecule has 1 aromatic heterocycles. The number of nitrogens with one attached hydrogen (secondary N) is 1. The summed E-state index contributed by atoms with van der Waals surface area (Å²) in [4.78, 5) is 12.9. The van der Waals surface area contributed by atoms with Gasteiger partial charge in [0.2, 0.25) is 15.9 Å². The molecule has 1 N–H and O–H groups in total. The summed E-state index contributed by atoms with van der Waals surface area (Å²) in [5.41, 5.74) is 0.174. The fourth-order valence-corrected chi connectivity index (χ4v) is 5.39. The molecule has 4 rings (SSSR count). The molecule has 3 aromatic rings. The molecular formula is C22H21F3N4O3S. The summed E-state index contributed by atoms with van der Waals surface area (Å²) in [7, 11) is -3.78. The Morgan fingerprint density at radius 2 is 1.76 bits per heavy atom. The van der Waals surface area contributed by atoms with E-state index < -0.39 is 33.8 Å². The number of hydrogen-bond donors (Lipinski definition) is 1. The van der Waals surface area contributed by atoms with Gasteiger partial charge >= 0.3 is 6.18 Å². The van der Waals surface area contributed by atoms with Crippen molar-refractivity contribution in [2.75, 3.05) is 6.54 Å². The first kappa shape index (κ1) is 23.0. The van der Waals surface area contributed by atoms with Gasteiger partial charge in [-0.3, -0.25) is 4.79 Å². The maximum atomic E-state index is 12.9. The molecule has 0 aliphatic carbocycles. The Balaban J connectivity index is 1.40. The Bertz CT molecular complexity index is 1230. The Morgan fingerprint density at radius 1 is 1.06 bits per heavy atom. The molecule has 0 bridgehead atoms. The number of nitrogens with zero attached hydrogens (tertiary/aromatic N) is 3. The largest absolute Gasteiger partial charge is 0.435 e. The van der Waals surface area contributed by atoms with E-state index >= 15 is 0 Å². The lowest BCUT2D eigenvalue weighted by Gasteiger charge is -2.23. The van der Waals surface area contributed by atoms with Gasteiger partial charge in [-0.15, -0.1) is 0 Å². The second-order valence-corrected chi connectivity index (χ2v) is 9.50. The lowest BCUT2D eigenvalue weighted by atomic mass is 10.2. The summed E-state index contributed by atoms with van der Waals surface area (Å²) in [5.74, 6) is -0.391. The van der Waals surface area contributed by atoms with Crippen molar-refractivity contribution in [3.05, 3.63) is 78.1 Å². The van der Waals surface area contributed by atoms with Gasteiger partial charge in [0, 0.05) is 19.3 Å². The summed E-state index contributed by atoms with van der Waals surface area (Å²) in [5, 5.41) is 6.29. The van der Waals surface area contributed by atoms with Crippen molar-refractivity contribution in [1.29, 1.82) is 0 Å². The van der Waals surface area contributed by atoms with Gasteiger partial charge in [0.05, 0.1) is 10.6 Å². The van der Waals surface area contributed by atoms with E-state index in [0.29, 0.717) is 24.1 Å². The van der Waals surface area contributed by atoms with Crippen LogP contribution in [0.5, 0.6) is 0 Å². The van der Waals surface area contributed by atoms with Crippen LogP contribution in [0.1, 0.15) is 24.1 Å². The van der Waals surface area contributed by atoms with Crippen LogP contribution in [0.25, 0.3) is 5.69 Å². The number of alkyl halides is 3. The molecular weight excluding hydrogens is 457 g/mol. The Morgan fingerprint density at radius 3 is 2.39 bits per heavy atom. The van der Waals surface area contributed by atoms with Gasteiger partial charge in [-0.2, -0.15) is 22.6 Å². The maximum absolute atomic E-state index is 12.9. The zero-order valence-electron chi connectivity index (χ0n) is 17.4. The number of carbonyl (C=O) groups is 1. The predicted molar refractivity (Wildman–Crippen MR) is 114 cm³/mol. The number of aromatic nitrogens is 2. The highest BCUT2D eigenvalue weighted by Gasteiger charge is 2.39. The first-order valence-corrected chi connectivity index (χ1v) is 11.7. The van der Waals surface area contributed by atoms with E-state index in [4.69, 9.17) is 0 Å². The first-order chi connectivity index (χ1) is 15.7. The lowest BCUT2D eigenvalue weighted by molar-refractivity contribution is -0.141. The van der Waals surface area contributed by atoms with E-state index in [2.05, 4.69) is 10.4 Å². The zero-order valence-corrected chi connectivity index (χ0v) is 18.2. The molecule has 174 valence electrons. The van der Waals surface area contributed by atoms with Gasteiger partial charge in [0.15, 0.2) is 5.69 Å². The molecule has 1 unspecified atom stereocenters. The van der Waals surface area contributed by atoms with Crippen molar-refractivity contribution >= 4 is 15.9 Å². The summed E-state index contributed by atoms with van der Waals surface area (Å²) in [6.45, 7) is 0.426. The van der Waals surface area contributed by atoms with Gasteiger partial charge in [0.25, 0.3) is 0 Å². The molecule has 1 atom stereocenters. The van der Waals surface area contributed by atoms with Crippen LogP contribution in [0, 0.1) is 0 Å². The number of carbonyl (C=O) groups excluding carboxylic acids is 1. The summed E-state index contributed by atoms with van der Waals surface area (Å²) >= 11 is 0. The lowest BCUT2D eigenvalue weighted by Crippen LogP contribution is -2.45. The van der Waals surface area contributed by atoms with Gasteiger partial charge in [-0.1, -0.05) is 30.3 Å². The van der Waals surface area contributed by atoms with E-state index in [9.17, 15) is 26.4 Å². The summed E-state index contributed by atoms with van der Waals surface area (Å²) < 4.78 is 66.4. The molecule has 1 aliphatic rings. The normalized spacial score (nSPS) is 17.2. The monoisotopic (exact) mass is 478 g/mol. The number of rotatable bonds is 6.